The Morgan fingerprint density at radius 3 is 2.37 bits per heavy atom. The molecule has 8 nitrogen and oxygen atoms in total. The number of nitrogens with zero attached hydrogens (tertiary/aromatic N) is 1. The van der Waals surface area contributed by atoms with Gasteiger partial charge in [-0.05, 0) is 27.7 Å². The van der Waals surface area contributed by atoms with Gasteiger partial charge in [-0.2, -0.15) is 0 Å². The van der Waals surface area contributed by atoms with Gasteiger partial charge < -0.3 is 19.5 Å². The van der Waals surface area contributed by atoms with Crippen LogP contribution in [-0.2, 0) is 18.6 Å². The summed E-state index contributed by atoms with van der Waals surface area (Å²) in [7, 11) is -3.40. The van der Waals surface area contributed by atoms with E-state index in [-0.39, 0.29) is 0 Å². The van der Waals surface area contributed by atoms with Gasteiger partial charge in [0, 0.05) is 7.11 Å². The van der Waals surface area contributed by atoms with Crippen LogP contribution in [0.2, 0.25) is 0 Å². The zero-order valence-electron chi connectivity index (χ0n) is 11.5. The zero-order valence-corrected chi connectivity index (χ0v) is 12.4. The molecule has 1 aliphatic rings. The van der Waals surface area contributed by atoms with Gasteiger partial charge in [0.15, 0.2) is 0 Å². The molecule has 1 rings (SSSR count). The molecule has 9 heteroatoms. The van der Waals surface area contributed by atoms with Gasteiger partial charge in [0.25, 0.3) is 5.91 Å². The van der Waals surface area contributed by atoms with Crippen molar-refractivity contribution in [2.24, 2.45) is 0 Å². The van der Waals surface area contributed by atoms with Gasteiger partial charge in [-0.3, -0.25) is 14.0 Å². The maximum absolute atomic E-state index is 11.7. The molecule has 2 amide bonds. The highest BCUT2D eigenvalue weighted by Crippen LogP contribution is 2.48. The first-order chi connectivity index (χ1) is 8.49. The molecule has 19 heavy (non-hydrogen) atoms. The first-order valence-corrected chi connectivity index (χ1v) is 7.19. The summed E-state index contributed by atoms with van der Waals surface area (Å²) in [5.41, 5.74) is -0.694. The summed E-state index contributed by atoms with van der Waals surface area (Å²) in [5, 5.41) is 2.33. The van der Waals surface area contributed by atoms with Crippen molar-refractivity contribution in [3.63, 3.8) is 0 Å². The second kappa shape index (κ2) is 5.11. The summed E-state index contributed by atoms with van der Waals surface area (Å²) < 4.78 is 21.3. The van der Waals surface area contributed by atoms with Gasteiger partial charge in [-0.25, -0.2) is 4.79 Å². The average molecular weight is 293 g/mol. The molecule has 0 radical (unpaired) electrons. The van der Waals surface area contributed by atoms with Gasteiger partial charge in [-0.15, -0.1) is 0 Å². The number of ether oxygens (including phenoxy) is 1. The number of carbonyl (C=O) groups is 2. The monoisotopic (exact) mass is 293 g/mol. The van der Waals surface area contributed by atoms with E-state index in [1.54, 1.807) is 20.8 Å². The van der Waals surface area contributed by atoms with Crippen LogP contribution >= 0.6 is 7.75 Å². The first-order valence-electron chi connectivity index (χ1n) is 5.69. The van der Waals surface area contributed by atoms with E-state index in [9.17, 15) is 19.0 Å². The van der Waals surface area contributed by atoms with E-state index < -0.39 is 37.4 Å². The van der Waals surface area contributed by atoms with Crippen LogP contribution in [0, 0.1) is 0 Å². The maximum Gasteiger partial charge on any atom is 0.408 e. The molecule has 0 spiro atoms. The molecule has 1 fully saturated rings. The minimum Gasteiger partial charge on any atom is -0.761 e. The van der Waals surface area contributed by atoms with Crippen LogP contribution in [0.25, 0.3) is 0 Å². The predicted molar refractivity (Wildman–Crippen MR) is 64.1 cm³/mol. The summed E-state index contributed by atoms with van der Waals surface area (Å²) in [6.07, 6.45) is -0.768. The minimum absolute atomic E-state index is 0.606. The highest BCUT2D eigenvalue weighted by molar-refractivity contribution is 7.49. The predicted octanol–water partition coefficient (Wildman–Crippen LogP) is 0.225. The third-order valence-electron chi connectivity index (χ3n) is 2.53. The highest BCUT2D eigenvalue weighted by atomic mass is 31.2. The summed E-state index contributed by atoms with van der Waals surface area (Å²) in [6, 6.07) is -1.63. The van der Waals surface area contributed by atoms with Crippen molar-refractivity contribution < 1.29 is 28.3 Å². The summed E-state index contributed by atoms with van der Waals surface area (Å²) in [4.78, 5) is 34.6. The van der Waals surface area contributed by atoms with E-state index in [0.717, 1.165) is 7.11 Å². The van der Waals surface area contributed by atoms with E-state index >= 15 is 0 Å². The summed E-state index contributed by atoms with van der Waals surface area (Å²) in [6.45, 7) is 6.54. The lowest BCUT2D eigenvalue weighted by Gasteiger charge is -2.50. The number of alkyl carbamates (subject to hydrolysis) is 1. The van der Waals surface area contributed by atoms with Crippen molar-refractivity contribution in [3.8, 4) is 0 Å². The molecule has 110 valence electrons. The van der Waals surface area contributed by atoms with Crippen molar-refractivity contribution in [1.29, 1.82) is 0 Å². The molecule has 1 unspecified atom stereocenters. The molecule has 1 N–H and O–H groups in total. The average Bonchev–Trinajstić information content (AvgIpc) is 2.23. The molecule has 0 aliphatic carbocycles. The van der Waals surface area contributed by atoms with Gasteiger partial charge in [0.2, 0.25) is 7.75 Å². The second-order valence-electron chi connectivity index (χ2n) is 5.20. The van der Waals surface area contributed by atoms with Gasteiger partial charge >= 0.3 is 6.09 Å². The molecule has 1 aliphatic heterocycles. The maximum atomic E-state index is 11.7. The number of rotatable bonds is 3. The third kappa shape index (κ3) is 3.46. The minimum atomic E-state index is -4.37. The molecule has 0 saturated carbocycles. The number of carbonyl (C=O) groups excluding carboxylic acids is 2. The molecule has 0 bridgehead atoms. The Kier molecular flexibility index (Phi) is 4.29. The van der Waals surface area contributed by atoms with E-state index in [2.05, 4.69) is 9.84 Å². The fourth-order valence-corrected chi connectivity index (χ4v) is 2.78. The summed E-state index contributed by atoms with van der Waals surface area (Å²) >= 11 is 0. The Hall–Kier alpha value is -1.11. The smallest absolute Gasteiger partial charge is 0.408 e. The van der Waals surface area contributed by atoms with Crippen LogP contribution in [0.5, 0.6) is 0 Å². The fraction of sp³-hybridized carbons (Fsp3) is 0.800. The molecule has 0 aromatic heterocycles. The van der Waals surface area contributed by atoms with Gasteiger partial charge in [-0.1, -0.05) is 0 Å². The summed E-state index contributed by atoms with van der Waals surface area (Å²) in [5.74, 6) is -0.737. The molecular formula is C10H18N2O6P-. The quantitative estimate of drug-likeness (QED) is 0.589. The normalized spacial score (nSPS) is 26.4. The largest absolute Gasteiger partial charge is 0.761 e. The number of nitrogens with one attached hydrogen (secondary N) is 1. The Morgan fingerprint density at radius 2 is 2.00 bits per heavy atom. The van der Waals surface area contributed by atoms with Crippen LogP contribution in [-0.4, -0.2) is 41.5 Å². The molecule has 1 heterocycles. The SMILES string of the molecule is COP(=O)([O-])N1C(=O)[C@@H](NC(=O)OC(C)(C)C)[C@@H]1C. The van der Waals surface area contributed by atoms with Crippen LogP contribution in [0.15, 0.2) is 0 Å². The second-order valence-corrected chi connectivity index (χ2v) is 6.93. The van der Waals surface area contributed by atoms with E-state index in [1.807, 2.05) is 0 Å². The van der Waals surface area contributed by atoms with Crippen molar-refractivity contribution in [3.05, 3.63) is 0 Å². The lowest BCUT2D eigenvalue weighted by molar-refractivity contribution is -0.217. The Morgan fingerprint density at radius 1 is 1.47 bits per heavy atom. The standard InChI is InChI=1S/C10H19N2O6P/c1-6-7(11-9(14)18-10(2,3)4)8(13)12(6)19(15,16)17-5/h6-7H,1-5H3,(H,11,14)(H,15,16)/p-1/t6-,7-/m0/s1. The molecule has 0 aromatic carbocycles. The first kappa shape index (κ1) is 15.9. The Balaban J connectivity index is 2.64. The zero-order chi connectivity index (χ0) is 15.0. The van der Waals surface area contributed by atoms with E-state index in [0.29, 0.717) is 4.67 Å². The number of β-lactam (4-membered cyclic amide) rings is 1. The third-order valence-corrected chi connectivity index (χ3v) is 4.08. The number of amides is 2. The van der Waals surface area contributed by atoms with Crippen LogP contribution < -0.4 is 10.2 Å². The van der Waals surface area contributed by atoms with Gasteiger partial charge in [0.05, 0.1) is 6.04 Å². The highest BCUT2D eigenvalue weighted by Gasteiger charge is 2.50. The van der Waals surface area contributed by atoms with Crippen molar-refractivity contribution in [2.45, 2.75) is 45.4 Å². The van der Waals surface area contributed by atoms with E-state index in [4.69, 9.17) is 4.74 Å². The van der Waals surface area contributed by atoms with Crippen LogP contribution in [0.3, 0.4) is 0 Å². The van der Waals surface area contributed by atoms with E-state index in [1.165, 1.54) is 6.92 Å². The van der Waals surface area contributed by atoms with Crippen molar-refractivity contribution >= 4 is 19.7 Å². The molecule has 0 aromatic rings. The lowest BCUT2D eigenvalue weighted by atomic mass is 10.0. The topological polar surface area (TPSA) is 108 Å². The molecule has 3 atom stereocenters. The van der Waals surface area contributed by atoms with Crippen molar-refractivity contribution in [1.82, 2.24) is 9.99 Å². The molecule has 1 saturated heterocycles. The Bertz CT molecular complexity index is 432. The van der Waals surface area contributed by atoms with Crippen molar-refractivity contribution in [2.75, 3.05) is 7.11 Å². The van der Waals surface area contributed by atoms with Crippen LogP contribution in [0.1, 0.15) is 27.7 Å². The fourth-order valence-electron chi connectivity index (χ4n) is 1.66. The van der Waals surface area contributed by atoms with Gasteiger partial charge in [0.1, 0.15) is 11.6 Å². The van der Waals surface area contributed by atoms with Crippen LogP contribution in [0.4, 0.5) is 4.79 Å². The number of hydrogen-bond donors (Lipinski definition) is 1. The lowest BCUT2D eigenvalue weighted by Crippen LogP contribution is -2.69. The Labute approximate surface area is 111 Å². The molecular weight excluding hydrogens is 275 g/mol. The number of hydrogen-bond acceptors (Lipinski definition) is 6.